The molecule has 1 amide bonds. The summed E-state index contributed by atoms with van der Waals surface area (Å²) in [7, 11) is 0. The van der Waals surface area contributed by atoms with Crippen LogP contribution in [0.5, 0.6) is 0 Å². The Morgan fingerprint density at radius 1 is 1.22 bits per heavy atom. The van der Waals surface area contributed by atoms with Crippen molar-refractivity contribution in [3.05, 3.63) is 27.7 Å². The van der Waals surface area contributed by atoms with E-state index in [4.69, 9.17) is 23.2 Å². The molecule has 2 nitrogen and oxygen atoms in total. The van der Waals surface area contributed by atoms with Crippen molar-refractivity contribution in [1.29, 1.82) is 0 Å². The van der Waals surface area contributed by atoms with Gasteiger partial charge in [0.2, 0.25) is 5.91 Å². The summed E-state index contributed by atoms with van der Waals surface area (Å²) in [5.74, 6) is 0.207. The second kappa shape index (κ2) is 4.32. The van der Waals surface area contributed by atoms with E-state index in [1.54, 1.807) is 0 Å². The lowest BCUT2D eigenvalue weighted by molar-refractivity contribution is -0.137. The third-order valence-electron chi connectivity index (χ3n) is 3.88. The SMILES string of the molecule is O=C(N1CCC1)C1(c2ccc(S)c(Cl)c2Cl)CC1. The average Bonchev–Trinajstić information content (AvgIpc) is 3.05. The molecule has 1 aliphatic heterocycles. The van der Waals surface area contributed by atoms with Gasteiger partial charge in [-0.15, -0.1) is 12.6 Å². The minimum atomic E-state index is -0.414. The summed E-state index contributed by atoms with van der Waals surface area (Å²) >= 11 is 16.6. The van der Waals surface area contributed by atoms with Crippen LogP contribution in [0.3, 0.4) is 0 Å². The highest BCUT2D eigenvalue weighted by Gasteiger charge is 2.54. The highest BCUT2D eigenvalue weighted by Crippen LogP contribution is 2.53. The largest absolute Gasteiger partial charge is 0.342 e. The molecule has 0 unspecified atom stereocenters. The van der Waals surface area contributed by atoms with Gasteiger partial charge < -0.3 is 4.90 Å². The Hall–Kier alpha value is -0.380. The molecular formula is C13H13Cl2NOS. The first-order valence-corrected chi connectivity index (χ1v) is 7.23. The van der Waals surface area contributed by atoms with E-state index in [1.165, 1.54) is 0 Å². The number of hydrogen-bond acceptors (Lipinski definition) is 2. The highest BCUT2D eigenvalue weighted by atomic mass is 35.5. The van der Waals surface area contributed by atoms with Gasteiger partial charge in [0.05, 0.1) is 15.5 Å². The Bertz CT molecular complexity index is 524. The maximum absolute atomic E-state index is 12.5. The highest BCUT2D eigenvalue weighted by molar-refractivity contribution is 7.80. The van der Waals surface area contributed by atoms with Crippen molar-refractivity contribution in [3.8, 4) is 0 Å². The van der Waals surface area contributed by atoms with Gasteiger partial charge in [-0.25, -0.2) is 0 Å². The summed E-state index contributed by atoms with van der Waals surface area (Å²) in [6.45, 7) is 1.74. The van der Waals surface area contributed by atoms with Crippen LogP contribution in [0.25, 0.3) is 0 Å². The van der Waals surface area contributed by atoms with Gasteiger partial charge in [-0.3, -0.25) is 4.79 Å². The summed E-state index contributed by atoms with van der Waals surface area (Å²) in [6.07, 6.45) is 2.83. The van der Waals surface area contributed by atoms with Gasteiger partial charge in [-0.2, -0.15) is 0 Å². The molecule has 0 atom stereocenters. The quantitative estimate of drug-likeness (QED) is 0.829. The van der Waals surface area contributed by atoms with Crippen LogP contribution in [0.1, 0.15) is 24.8 Å². The molecule has 1 saturated heterocycles. The number of benzene rings is 1. The maximum Gasteiger partial charge on any atom is 0.233 e. The Kier molecular flexibility index (Phi) is 3.04. The van der Waals surface area contributed by atoms with Gasteiger partial charge in [0.1, 0.15) is 0 Å². The number of carbonyl (C=O) groups excluding carboxylic acids is 1. The molecule has 0 bridgehead atoms. The molecule has 2 aliphatic rings. The van der Waals surface area contributed by atoms with E-state index >= 15 is 0 Å². The van der Waals surface area contributed by atoms with Crippen molar-refractivity contribution in [3.63, 3.8) is 0 Å². The fourth-order valence-corrected chi connectivity index (χ4v) is 3.22. The molecule has 1 aromatic carbocycles. The fourth-order valence-electron chi connectivity index (χ4n) is 2.45. The van der Waals surface area contributed by atoms with Crippen molar-refractivity contribution in [1.82, 2.24) is 4.90 Å². The van der Waals surface area contributed by atoms with Crippen LogP contribution < -0.4 is 0 Å². The second-order valence-corrected chi connectivity index (χ2v) is 6.23. The predicted octanol–water partition coefficient (Wildman–Crippen LogP) is 3.55. The molecule has 1 saturated carbocycles. The lowest BCUT2D eigenvalue weighted by Gasteiger charge is -2.34. The molecule has 96 valence electrons. The van der Waals surface area contributed by atoms with E-state index < -0.39 is 5.41 Å². The molecular weight excluding hydrogens is 289 g/mol. The molecule has 0 aromatic heterocycles. The number of halogens is 2. The van der Waals surface area contributed by atoms with E-state index in [9.17, 15) is 4.79 Å². The Labute approximate surface area is 122 Å². The maximum atomic E-state index is 12.5. The minimum absolute atomic E-state index is 0.207. The van der Waals surface area contributed by atoms with Gasteiger partial charge in [0.15, 0.2) is 0 Å². The summed E-state index contributed by atoms with van der Waals surface area (Å²) in [5.41, 5.74) is 0.451. The number of hydrogen-bond donors (Lipinski definition) is 1. The van der Waals surface area contributed by atoms with Gasteiger partial charge in [-0.1, -0.05) is 29.3 Å². The molecule has 2 fully saturated rings. The second-order valence-electron chi connectivity index (χ2n) is 4.99. The first-order chi connectivity index (χ1) is 8.56. The fraction of sp³-hybridized carbons (Fsp3) is 0.462. The van der Waals surface area contributed by atoms with Gasteiger partial charge >= 0.3 is 0 Å². The number of likely N-dealkylation sites (tertiary alicyclic amines) is 1. The smallest absolute Gasteiger partial charge is 0.233 e. The summed E-state index contributed by atoms with van der Waals surface area (Å²) < 4.78 is 0. The van der Waals surface area contributed by atoms with Crippen molar-refractivity contribution in [2.45, 2.75) is 29.6 Å². The summed E-state index contributed by atoms with van der Waals surface area (Å²) in [4.78, 5) is 15.0. The minimum Gasteiger partial charge on any atom is -0.342 e. The van der Waals surface area contributed by atoms with Crippen LogP contribution in [0.2, 0.25) is 10.0 Å². The number of carbonyl (C=O) groups is 1. The molecule has 18 heavy (non-hydrogen) atoms. The summed E-state index contributed by atoms with van der Waals surface area (Å²) in [6, 6.07) is 3.71. The lowest BCUT2D eigenvalue weighted by Crippen LogP contribution is -2.47. The van der Waals surface area contributed by atoms with Gasteiger partial charge in [0.25, 0.3) is 0 Å². The van der Waals surface area contributed by atoms with E-state index in [2.05, 4.69) is 12.6 Å². The van der Waals surface area contributed by atoms with Gasteiger partial charge in [0, 0.05) is 18.0 Å². The zero-order valence-corrected chi connectivity index (χ0v) is 12.2. The first-order valence-electron chi connectivity index (χ1n) is 6.03. The normalized spacial score (nSPS) is 20.5. The third-order valence-corrected chi connectivity index (χ3v) is 5.27. The Balaban J connectivity index is 1.99. The van der Waals surface area contributed by atoms with Crippen LogP contribution in [0.15, 0.2) is 17.0 Å². The number of rotatable bonds is 2. The Morgan fingerprint density at radius 3 is 2.39 bits per heavy atom. The number of nitrogens with zero attached hydrogens (tertiary/aromatic N) is 1. The first kappa shape index (κ1) is 12.6. The lowest BCUT2D eigenvalue weighted by atomic mass is 9.93. The standard InChI is InChI=1S/C13H13Cl2NOS/c14-10-8(2-3-9(18)11(10)15)13(4-5-13)12(17)16-6-1-7-16/h2-3,18H,1,4-7H2. The molecule has 1 aromatic rings. The van der Waals surface area contributed by atoms with Gasteiger partial charge in [-0.05, 0) is 30.9 Å². The number of amides is 1. The Morgan fingerprint density at radius 2 is 1.89 bits per heavy atom. The van der Waals surface area contributed by atoms with Crippen molar-refractivity contribution < 1.29 is 4.79 Å². The van der Waals surface area contributed by atoms with E-state index in [0.29, 0.717) is 14.9 Å². The van der Waals surface area contributed by atoms with Crippen LogP contribution in [0, 0.1) is 0 Å². The zero-order chi connectivity index (χ0) is 12.9. The van der Waals surface area contributed by atoms with Crippen molar-refractivity contribution in [2.24, 2.45) is 0 Å². The molecule has 5 heteroatoms. The topological polar surface area (TPSA) is 20.3 Å². The molecule has 0 spiro atoms. The molecule has 0 N–H and O–H groups in total. The number of thiol groups is 1. The zero-order valence-electron chi connectivity index (χ0n) is 9.75. The van der Waals surface area contributed by atoms with E-state index in [-0.39, 0.29) is 5.91 Å². The van der Waals surface area contributed by atoms with Crippen LogP contribution >= 0.6 is 35.8 Å². The molecule has 1 heterocycles. The predicted molar refractivity (Wildman–Crippen MR) is 75.8 cm³/mol. The molecule has 1 aliphatic carbocycles. The average molecular weight is 302 g/mol. The van der Waals surface area contributed by atoms with Crippen LogP contribution in [-0.4, -0.2) is 23.9 Å². The van der Waals surface area contributed by atoms with Crippen molar-refractivity contribution in [2.75, 3.05) is 13.1 Å². The van der Waals surface area contributed by atoms with E-state index in [0.717, 1.165) is 37.9 Å². The monoisotopic (exact) mass is 301 g/mol. The third kappa shape index (κ3) is 1.75. The summed E-state index contributed by atoms with van der Waals surface area (Å²) in [5, 5.41) is 0.927. The molecule has 0 radical (unpaired) electrons. The molecule has 3 rings (SSSR count). The van der Waals surface area contributed by atoms with E-state index in [1.807, 2.05) is 17.0 Å². The van der Waals surface area contributed by atoms with Crippen molar-refractivity contribution >= 4 is 41.7 Å². The van der Waals surface area contributed by atoms with Crippen LogP contribution in [-0.2, 0) is 10.2 Å². The van der Waals surface area contributed by atoms with Crippen LogP contribution in [0.4, 0.5) is 0 Å².